The standard InChI is InChI=1S/C8H13/c1-8(2)6-4-3-5-7(6)8/h6H,3-5H2,1-2H3/t6-/m0/s1. The van der Waals surface area contributed by atoms with Crippen molar-refractivity contribution in [2.24, 2.45) is 11.3 Å². The highest BCUT2D eigenvalue weighted by molar-refractivity contribution is 5.30. The Kier molecular flexibility index (Phi) is 0.678. The fourth-order valence-corrected chi connectivity index (χ4v) is 2.26. The second-order valence-corrected chi connectivity index (χ2v) is 3.69. The van der Waals surface area contributed by atoms with Gasteiger partial charge in [-0.2, -0.15) is 0 Å². The molecule has 45 valence electrons. The van der Waals surface area contributed by atoms with Crippen molar-refractivity contribution < 1.29 is 0 Å². The van der Waals surface area contributed by atoms with Gasteiger partial charge in [0.25, 0.3) is 0 Å². The van der Waals surface area contributed by atoms with E-state index in [1.165, 1.54) is 19.3 Å². The van der Waals surface area contributed by atoms with E-state index in [0.717, 1.165) is 5.92 Å². The van der Waals surface area contributed by atoms with Crippen LogP contribution < -0.4 is 0 Å². The van der Waals surface area contributed by atoms with Crippen molar-refractivity contribution in [2.75, 3.05) is 0 Å². The summed E-state index contributed by atoms with van der Waals surface area (Å²) in [5.41, 5.74) is 0.679. The molecule has 1 radical (unpaired) electrons. The molecule has 0 aromatic carbocycles. The first-order valence-corrected chi connectivity index (χ1v) is 3.59. The van der Waals surface area contributed by atoms with E-state index >= 15 is 0 Å². The zero-order valence-electron chi connectivity index (χ0n) is 5.70. The Morgan fingerprint density at radius 3 is 2.50 bits per heavy atom. The predicted molar refractivity (Wildman–Crippen MR) is 34.4 cm³/mol. The maximum absolute atomic E-state index is 2.38. The molecule has 2 saturated carbocycles. The molecule has 0 N–H and O–H groups in total. The van der Waals surface area contributed by atoms with Gasteiger partial charge in [-0.25, -0.2) is 0 Å². The first-order valence-electron chi connectivity index (χ1n) is 3.59. The second kappa shape index (κ2) is 1.12. The summed E-state index contributed by atoms with van der Waals surface area (Å²) in [5.74, 6) is 2.90. The maximum atomic E-state index is 2.38. The van der Waals surface area contributed by atoms with Gasteiger partial charge >= 0.3 is 0 Å². The van der Waals surface area contributed by atoms with Gasteiger partial charge in [0.15, 0.2) is 0 Å². The fourth-order valence-electron chi connectivity index (χ4n) is 2.26. The van der Waals surface area contributed by atoms with E-state index in [0.29, 0.717) is 5.41 Å². The highest BCUT2D eigenvalue weighted by Crippen LogP contribution is 2.68. The van der Waals surface area contributed by atoms with Crippen LogP contribution in [0.4, 0.5) is 0 Å². The van der Waals surface area contributed by atoms with E-state index < -0.39 is 0 Å². The van der Waals surface area contributed by atoms with Crippen LogP contribution in [0.3, 0.4) is 0 Å². The minimum absolute atomic E-state index is 0.679. The van der Waals surface area contributed by atoms with Crippen LogP contribution in [0.2, 0.25) is 0 Å². The minimum atomic E-state index is 0.679. The lowest BCUT2D eigenvalue weighted by Gasteiger charge is -2.04. The van der Waals surface area contributed by atoms with E-state index in [9.17, 15) is 0 Å². The normalized spacial score (nSPS) is 42.0. The summed E-state index contributed by atoms with van der Waals surface area (Å²) in [6.07, 6.45) is 4.41. The van der Waals surface area contributed by atoms with E-state index in [2.05, 4.69) is 13.8 Å². The molecule has 1 atom stereocenters. The van der Waals surface area contributed by atoms with E-state index in [4.69, 9.17) is 0 Å². The third-order valence-electron chi connectivity index (χ3n) is 2.97. The molecule has 0 heteroatoms. The Hall–Kier alpha value is 0. The van der Waals surface area contributed by atoms with Gasteiger partial charge in [-0.15, -0.1) is 0 Å². The van der Waals surface area contributed by atoms with Crippen LogP contribution in [0.1, 0.15) is 33.1 Å². The lowest BCUT2D eigenvalue weighted by molar-refractivity contribution is 0.502. The Balaban J connectivity index is 2.13. The zero-order chi connectivity index (χ0) is 5.78. The van der Waals surface area contributed by atoms with Crippen molar-refractivity contribution in [3.8, 4) is 0 Å². The molecule has 0 aromatic rings. The molecule has 0 nitrogen and oxygen atoms in total. The van der Waals surface area contributed by atoms with Crippen LogP contribution in [0.25, 0.3) is 0 Å². The average molecular weight is 109 g/mol. The number of hydrogen-bond acceptors (Lipinski definition) is 0. The molecule has 0 aromatic heterocycles. The predicted octanol–water partition coefficient (Wildman–Crippen LogP) is 2.40. The molecule has 2 rings (SSSR count). The third kappa shape index (κ3) is 0.375. The van der Waals surface area contributed by atoms with Gasteiger partial charge in [0.05, 0.1) is 0 Å². The lowest BCUT2D eigenvalue weighted by atomic mass is 10.0. The largest absolute Gasteiger partial charge is 0.0591 e. The molecule has 0 unspecified atom stereocenters. The summed E-state index contributed by atoms with van der Waals surface area (Å²) >= 11 is 0. The molecule has 0 spiro atoms. The smallest absolute Gasteiger partial charge is 0.0145 e. The quantitative estimate of drug-likeness (QED) is 0.448. The Morgan fingerprint density at radius 2 is 2.25 bits per heavy atom. The highest BCUT2D eigenvalue weighted by atomic mass is 14.6. The molecule has 0 saturated heterocycles. The van der Waals surface area contributed by atoms with Gasteiger partial charge in [0, 0.05) is 0 Å². The molecule has 8 heavy (non-hydrogen) atoms. The topological polar surface area (TPSA) is 0 Å². The van der Waals surface area contributed by atoms with Crippen LogP contribution in [-0.2, 0) is 0 Å². The molecule has 2 aliphatic rings. The first-order chi connectivity index (χ1) is 3.73. The van der Waals surface area contributed by atoms with E-state index in [1.807, 2.05) is 5.92 Å². The van der Waals surface area contributed by atoms with Crippen LogP contribution in [0.15, 0.2) is 0 Å². The van der Waals surface area contributed by atoms with Gasteiger partial charge in [-0.3, -0.25) is 0 Å². The summed E-state index contributed by atoms with van der Waals surface area (Å²) in [7, 11) is 0. The molecular weight excluding hydrogens is 96.1 g/mol. The first kappa shape index (κ1) is 4.84. The molecule has 2 aliphatic carbocycles. The number of fused-ring (bicyclic) bond motifs is 1. The lowest BCUT2D eigenvalue weighted by Crippen LogP contribution is -1.93. The van der Waals surface area contributed by atoms with Crippen LogP contribution in [0, 0.1) is 17.3 Å². The van der Waals surface area contributed by atoms with Crippen LogP contribution in [-0.4, -0.2) is 0 Å². The zero-order valence-corrected chi connectivity index (χ0v) is 5.70. The molecule has 2 fully saturated rings. The summed E-state index contributed by atoms with van der Waals surface area (Å²) < 4.78 is 0. The SMILES string of the molecule is CC1(C)[C]2CCC[C@@H]21. The Bertz CT molecular complexity index is 101. The number of hydrogen-bond donors (Lipinski definition) is 0. The van der Waals surface area contributed by atoms with Gasteiger partial charge in [-0.1, -0.05) is 20.3 Å². The van der Waals surface area contributed by atoms with Gasteiger partial charge in [0.2, 0.25) is 0 Å². The molecule has 0 aliphatic heterocycles. The molecule has 0 heterocycles. The monoisotopic (exact) mass is 109 g/mol. The molecule has 0 amide bonds. The summed E-state index contributed by atoms with van der Waals surface area (Å²) in [5, 5.41) is 0. The van der Waals surface area contributed by atoms with Gasteiger partial charge in [-0.05, 0) is 30.1 Å². The van der Waals surface area contributed by atoms with Gasteiger partial charge in [0.1, 0.15) is 0 Å². The van der Waals surface area contributed by atoms with Gasteiger partial charge < -0.3 is 0 Å². The van der Waals surface area contributed by atoms with Crippen molar-refractivity contribution in [1.82, 2.24) is 0 Å². The molecular formula is C8H13. The van der Waals surface area contributed by atoms with E-state index in [1.54, 1.807) is 0 Å². The minimum Gasteiger partial charge on any atom is -0.0591 e. The van der Waals surface area contributed by atoms with Crippen molar-refractivity contribution in [3.05, 3.63) is 5.92 Å². The second-order valence-electron chi connectivity index (χ2n) is 3.69. The van der Waals surface area contributed by atoms with Crippen LogP contribution in [0.5, 0.6) is 0 Å². The average Bonchev–Trinajstić information content (AvgIpc) is 2.22. The Labute approximate surface area is 51.3 Å². The summed E-state index contributed by atoms with van der Waals surface area (Å²) in [6.45, 7) is 4.76. The number of rotatable bonds is 0. The van der Waals surface area contributed by atoms with Crippen molar-refractivity contribution in [3.63, 3.8) is 0 Å². The fraction of sp³-hybridized carbons (Fsp3) is 0.875. The van der Waals surface area contributed by atoms with E-state index in [-0.39, 0.29) is 0 Å². The Morgan fingerprint density at radius 1 is 1.50 bits per heavy atom. The highest BCUT2D eigenvalue weighted by Gasteiger charge is 2.59. The third-order valence-corrected chi connectivity index (χ3v) is 2.97. The van der Waals surface area contributed by atoms with Crippen molar-refractivity contribution in [2.45, 2.75) is 33.1 Å². The summed E-state index contributed by atoms with van der Waals surface area (Å²) in [6, 6.07) is 0. The van der Waals surface area contributed by atoms with Crippen LogP contribution >= 0.6 is 0 Å². The maximum Gasteiger partial charge on any atom is -0.0145 e. The summed E-state index contributed by atoms with van der Waals surface area (Å²) in [4.78, 5) is 0. The van der Waals surface area contributed by atoms with Crippen molar-refractivity contribution in [1.29, 1.82) is 0 Å². The van der Waals surface area contributed by atoms with Crippen molar-refractivity contribution >= 4 is 0 Å². The molecule has 0 bridgehead atoms.